The van der Waals surface area contributed by atoms with E-state index in [1.807, 2.05) is 6.07 Å². The number of halogens is 3. The first-order valence-corrected chi connectivity index (χ1v) is 6.79. The highest BCUT2D eigenvalue weighted by Gasteiger charge is 2.20. The van der Waals surface area contributed by atoms with Crippen LogP contribution in [0.4, 0.5) is 8.78 Å². The van der Waals surface area contributed by atoms with Crippen LogP contribution in [-0.2, 0) is 6.54 Å². The van der Waals surface area contributed by atoms with E-state index < -0.39 is 6.61 Å². The average Bonchev–Trinajstić information content (AvgIpc) is 2.67. The minimum Gasteiger partial charge on any atom is -0.434 e. The molecule has 0 amide bonds. The Morgan fingerprint density at radius 2 is 2.28 bits per heavy atom. The molecule has 1 aromatic rings. The highest BCUT2D eigenvalue weighted by Crippen LogP contribution is 2.28. The van der Waals surface area contributed by atoms with Crippen LogP contribution in [0, 0.1) is 5.92 Å². The minimum atomic E-state index is -2.78. The second kappa shape index (κ2) is 5.97. The van der Waals surface area contributed by atoms with E-state index in [0.717, 1.165) is 23.1 Å². The molecule has 1 aromatic carbocycles. The van der Waals surface area contributed by atoms with E-state index in [4.69, 9.17) is 0 Å². The van der Waals surface area contributed by atoms with E-state index in [2.05, 4.69) is 32.5 Å². The molecule has 0 spiro atoms. The number of likely N-dealkylation sites (tertiary alicyclic amines) is 1. The van der Waals surface area contributed by atoms with E-state index in [1.54, 1.807) is 12.1 Å². The lowest BCUT2D eigenvalue weighted by molar-refractivity contribution is -0.0507. The molecule has 1 fully saturated rings. The molecule has 18 heavy (non-hydrogen) atoms. The van der Waals surface area contributed by atoms with Gasteiger partial charge >= 0.3 is 6.61 Å². The quantitative estimate of drug-likeness (QED) is 0.834. The maximum atomic E-state index is 12.3. The van der Waals surface area contributed by atoms with E-state index in [0.29, 0.717) is 12.5 Å². The van der Waals surface area contributed by atoms with Crippen LogP contribution in [0.25, 0.3) is 0 Å². The number of benzene rings is 1. The topological polar surface area (TPSA) is 12.5 Å². The largest absolute Gasteiger partial charge is 0.434 e. The fourth-order valence-electron chi connectivity index (χ4n) is 2.29. The van der Waals surface area contributed by atoms with E-state index in [9.17, 15) is 8.78 Å². The summed E-state index contributed by atoms with van der Waals surface area (Å²) in [5.41, 5.74) is 0.804. The first kappa shape index (κ1) is 13.7. The van der Waals surface area contributed by atoms with Gasteiger partial charge in [0, 0.05) is 23.1 Å². The van der Waals surface area contributed by atoms with Crippen LogP contribution in [0.2, 0.25) is 0 Å². The van der Waals surface area contributed by atoms with Crippen LogP contribution >= 0.6 is 15.9 Å². The second-order valence-electron chi connectivity index (χ2n) is 4.76. The molecule has 1 heterocycles. The van der Waals surface area contributed by atoms with Gasteiger partial charge in [-0.2, -0.15) is 8.78 Å². The Balaban J connectivity index is 2.11. The Labute approximate surface area is 114 Å². The Hall–Kier alpha value is -0.680. The molecule has 100 valence electrons. The summed E-state index contributed by atoms with van der Waals surface area (Å²) in [6, 6.07) is 5.15. The summed E-state index contributed by atoms with van der Waals surface area (Å²) < 4.78 is 30.1. The zero-order chi connectivity index (χ0) is 13.1. The van der Waals surface area contributed by atoms with Gasteiger partial charge in [0.25, 0.3) is 0 Å². The lowest BCUT2D eigenvalue weighted by Gasteiger charge is -2.18. The number of rotatable bonds is 4. The van der Waals surface area contributed by atoms with Gasteiger partial charge in [-0.3, -0.25) is 4.90 Å². The van der Waals surface area contributed by atoms with Crippen LogP contribution in [0.15, 0.2) is 22.7 Å². The summed E-state index contributed by atoms with van der Waals surface area (Å²) in [5.74, 6) is 0.948. The molecular formula is C13H16BrF2NO. The van der Waals surface area contributed by atoms with Crippen molar-refractivity contribution < 1.29 is 13.5 Å². The monoisotopic (exact) mass is 319 g/mol. The lowest BCUT2D eigenvalue weighted by atomic mass is 10.1. The first-order chi connectivity index (χ1) is 8.54. The van der Waals surface area contributed by atoms with Gasteiger partial charge in [0.15, 0.2) is 0 Å². The summed E-state index contributed by atoms with van der Waals surface area (Å²) in [5, 5.41) is 0. The van der Waals surface area contributed by atoms with E-state index in [-0.39, 0.29) is 5.75 Å². The summed E-state index contributed by atoms with van der Waals surface area (Å²) in [4.78, 5) is 2.27. The molecule has 1 atom stereocenters. The zero-order valence-corrected chi connectivity index (χ0v) is 11.8. The van der Waals surface area contributed by atoms with Gasteiger partial charge in [-0.25, -0.2) is 0 Å². The van der Waals surface area contributed by atoms with Crippen molar-refractivity contribution in [3.8, 4) is 5.75 Å². The standard InChI is InChI=1S/C13H16BrF2NO/c1-9-4-5-17(7-9)8-10-6-11(14)2-3-12(10)18-13(15)16/h2-3,6,9,13H,4-5,7-8H2,1H3. The maximum absolute atomic E-state index is 12.3. The Morgan fingerprint density at radius 3 is 2.89 bits per heavy atom. The average molecular weight is 320 g/mol. The van der Waals surface area contributed by atoms with Crippen molar-refractivity contribution in [3.05, 3.63) is 28.2 Å². The van der Waals surface area contributed by atoms with Crippen LogP contribution in [0.5, 0.6) is 5.75 Å². The summed E-state index contributed by atoms with van der Waals surface area (Å²) in [6.45, 7) is 2.12. The van der Waals surface area contributed by atoms with Gasteiger partial charge in [-0.15, -0.1) is 0 Å². The number of nitrogens with zero attached hydrogens (tertiary/aromatic N) is 1. The molecule has 0 aromatic heterocycles. The van der Waals surface area contributed by atoms with Crippen LogP contribution < -0.4 is 4.74 Å². The molecule has 1 aliphatic heterocycles. The molecular weight excluding hydrogens is 304 g/mol. The van der Waals surface area contributed by atoms with Crippen molar-refractivity contribution in [2.45, 2.75) is 26.5 Å². The molecule has 0 bridgehead atoms. The van der Waals surface area contributed by atoms with Crippen molar-refractivity contribution in [3.63, 3.8) is 0 Å². The molecule has 0 N–H and O–H groups in total. The summed E-state index contributed by atoms with van der Waals surface area (Å²) in [6.07, 6.45) is 1.17. The zero-order valence-electron chi connectivity index (χ0n) is 10.2. The van der Waals surface area contributed by atoms with Crippen molar-refractivity contribution in [1.29, 1.82) is 0 Å². The van der Waals surface area contributed by atoms with Gasteiger partial charge in [-0.05, 0) is 37.1 Å². The Bertz CT molecular complexity index is 414. The van der Waals surface area contributed by atoms with E-state index >= 15 is 0 Å². The molecule has 0 aliphatic carbocycles. The highest BCUT2D eigenvalue weighted by molar-refractivity contribution is 9.10. The van der Waals surface area contributed by atoms with Gasteiger partial charge in [0.1, 0.15) is 5.75 Å². The maximum Gasteiger partial charge on any atom is 0.387 e. The molecule has 0 radical (unpaired) electrons. The van der Waals surface area contributed by atoms with Gasteiger partial charge in [0.05, 0.1) is 0 Å². The van der Waals surface area contributed by atoms with Crippen molar-refractivity contribution in [1.82, 2.24) is 4.90 Å². The van der Waals surface area contributed by atoms with Crippen molar-refractivity contribution >= 4 is 15.9 Å². The molecule has 1 saturated heterocycles. The number of hydrogen-bond acceptors (Lipinski definition) is 2. The van der Waals surface area contributed by atoms with Crippen LogP contribution in [0.1, 0.15) is 18.9 Å². The van der Waals surface area contributed by atoms with Crippen LogP contribution in [0.3, 0.4) is 0 Å². The van der Waals surface area contributed by atoms with Gasteiger partial charge in [-0.1, -0.05) is 22.9 Å². The van der Waals surface area contributed by atoms with Crippen LogP contribution in [-0.4, -0.2) is 24.6 Å². The summed E-state index contributed by atoms with van der Waals surface area (Å²) >= 11 is 3.36. The number of hydrogen-bond donors (Lipinski definition) is 0. The fourth-order valence-corrected chi connectivity index (χ4v) is 2.70. The second-order valence-corrected chi connectivity index (χ2v) is 5.68. The number of alkyl halides is 2. The minimum absolute atomic E-state index is 0.271. The highest BCUT2D eigenvalue weighted by atomic mass is 79.9. The normalized spacial score (nSPS) is 20.6. The number of ether oxygens (including phenoxy) is 1. The molecule has 1 unspecified atom stereocenters. The molecule has 2 nitrogen and oxygen atoms in total. The predicted octanol–water partition coefficient (Wildman–Crippen LogP) is 3.89. The van der Waals surface area contributed by atoms with Gasteiger partial charge in [0.2, 0.25) is 0 Å². The predicted molar refractivity (Wildman–Crippen MR) is 69.8 cm³/mol. The molecule has 1 aliphatic rings. The lowest BCUT2D eigenvalue weighted by Crippen LogP contribution is -2.20. The Kier molecular flexibility index (Phi) is 4.56. The third-order valence-corrected chi connectivity index (χ3v) is 3.63. The summed E-state index contributed by atoms with van der Waals surface area (Å²) in [7, 11) is 0. The third-order valence-electron chi connectivity index (χ3n) is 3.14. The van der Waals surface area contributed by atoms with Crippen molar-refractivity contribution in [2.24, 2.45) is 5.92 Å². The molecule has 5 heteroatoms. The Morgan fingerprint density at radius 1 is 1.50 bits per heavy atom. The molecule has 2 rings (SSSR count). The van der Waals surface area contributed by atoms with Gasteiger partial charge < -0.3 is 4.74 Å². The smallest absolute Gasteiger partial charge is 0.387 e. The SMILES string of the molecule is CC1CCN(Cc2cc(Br)ccc2OC(F)F)C1. The third kappa shape index (κ3) is 3.65. The molecule has 0 saturated carbocycles. The van der Waals surface area contributed by atoms with Crippen molar-refractivity contribution in [2.75, 3.05) is 13.1 Å². The first-order valence-electron chi connectivity index (χ1n) is 6.00. The van der Waals surface area contributed by atoms with E-state index in [1.165, 1.54) is 6.42 Å². The fraction of sp³-hybridized carbons (Fsp3) is 0.538.